The van der Waals surface area contributed by atoms with Crippen molar-refractivity contribution >= 4 is 16.9 Å². The maximum atomic E-state index is 13.6. The first kappa shape index (κ1) is 10.3. The van der Waals surface area contributed by atoms with Crippen LogP contribution in [0.25, 0.3) is 10.9 Å². The van der Waals surface area contributed by atoms with Gasteiger partial charge in [0.2, 0.25) is 0 Å². The molecule has 0 bridgehead atoms. The van der Waals surface area contributed by atoms with Crippen LogP contribution in [0.15, 0.2) is 24.3 Å². The summed E-state index contributed by atoms with van der Waals surface area (Å²) in [7, 11) is 0. The van der Waals surface area contributed by atoms with Gasteiger partial charge in [-0.2, -0.15) is 0 Å². The van der Waals surface area contributed by atoms with Crippen LogP contribution in [0.1, 0.15) is 12.1 Å². The van der Waals surface area contributed by atoms with Gasteiger partial charge in [-0.15, -0.1) is 0 Å². The summed E-state index contributed by atoms with van der Waals surface area (Å²) in [5.74, 6) is -1.37. The summed E-state index contributed by atoms with van der Waals surface area (Å²) in [4.78, 5) is 11.0. The number of benzene rings is 1. The number of nitrogens with zero attached hydrogens (tertiary/aromatic N) is 1. The first-order valence-corrected chi connectivity index (χ1v) is 5.66. The molecule has 1 unspecified atom stereocenters. The highest BCUT2D eigenvalue weighted by Crippen LogP contribution is 2.29. The number of carboxylic acid groups (broad SMARTS) is 1. The largest absolute Gasteiger partial charge is 0.481 e. The van der Waals surface area contributed by atoms with Crippen LogP contribution in [0.5, 0.6) is 0 Å². The Hall–Kier alpha value is -1.84. The average Bonchev–Trinajstić information content (AvgIpc) is 2.68. The van der Waals surface area contributed by atoms with Gasteiger partial charge in [0.25, 0.3) is 0 Å². The zero-order valence-electron chi connectivity index (χ0n) is 9.19. The van der Waals surface area contributed by atoms with Crippen molar-refractivity contribution in [3.8, 4) is 0 Å². The molecule has 2 heterocycles. The summed E-state index contributed by atoms with van der Waals surface area (Å²) in [6.45, 7) is 0.442. The Morgan fingerprint density at radius 1 is 1.47 bits per heavy atom. The smallest absolute Gasteiger partial charge is 0.308 e. The van der Waals surface area contributed by atoms with Gasteiger partial charge in [-0.25, -0.2) is 4.39 Å². The van der Waals surface area contributed by atoms with Gasteiger partial charge in [0, 0.05) is 17.6 Å². The second kappa shape index (κ2) is 3.58. The summed E-state index contributed by atoms with van der Waals surface area (Å²) >= 11 is 0. The molecule has 0 spiro atoms. The Morgan fingerprint density at radius 3 is 3.06 bits per heavy atom. The minimum absolute atomic E-state index is 0.240. The van der Waals surface area contributed by atoms with Crippen molar-refractivity contribution in [3.63, 3.8) is 0 Å². The van der Waals surface area contributed by atoms with Crippen LogP contribution in [-0.2, 0) is 17.8 Å². The lowest BCUT2D eigenvalue weighted by Gasteiger charge is -2.22. The van der Waals surface area contributed by atoms with Gasteiger partial charge in [-0.3, -0.25) is 4.79 Å². The molecule has 0 radical (unpaired) electrons. The van der Waals surface area contributed by atoms with Gasteiger partial charge >= 0.3 is 5.97 Å². The Bertz CT molecular complexity index is 603. The number of halogens is 1. The van der Waals surface area contributed by atoms with E-state index in [0.29, 0.717) is 24.8 Å². The SMILES string of the molecule is O=C(O)C1CCc2cc3c(F)cccc3n2C1. The standard InChI is InChI=1S/C13H12FNO2/c14-11-2-1-3-12-10(11)6-9-5-4-8(13(16)17)7-15(9)12/h1-3,6,8H,4-5,7H2,(H,16,17). The van der Waals surface area contributed by atoms with Gasteiger partial charge < -0.3 is 9.67 Å². The minimum Gasteiger partial charge on any atom is -0.481 e. The highest BCUT2D eigenvalue weighted by Gasteiger charge is 2.25. The lowest BCUT2D eigenvalue weighted by Crippen LogP contribution is -2.26. The molecule has 1 N–H and O–H groups in total. The lowest BCUT2D eigenvalue weighted by molar-refractivity contribution is -0.142. The number of carboxylic acids is 1. The van der Waals surface area contributed by atoms with E-state index in [1.807, 2.05) is 16.7 Å². The third-order valence-electron chi connectivity index (χ3n) is 3.48. The van der Waals surface area contributed by atoms with Crippen molar-refractivity contribution in [2.75, 3.05) is 0 Å². The third kappa shape index (κ3) is 1.52. The molecule has 0 aliphatic carbocycles. The molecule has 0 saturated heterocycles. The molecule has 3 rings (SSSR count). The zero-order valence-corrected chi connectivity index (χ0v) is 9.19. The predicted molar refractivity (Wildman–Crippen MR) is 61.3 cm³/mol. The van der Waals surface area contributed by atoms with Gasteiger partial charge in [0.05, 0.1) is 11.4 Å². The van der Waals surface area contributed by atoms with Crippen LogP contribution in [0, 0.1) is 11.7 Å². The van der Waals surface area contributed by atoms with Crippen molar-refractivity contribution in [2.24, 2.45) is 5.92 Å². The Labute approximate surface area is 97.5 Å². The molecule has 1 aliphatic rings. The fraction of sp³-hybridized carbons (Fsp3) is 0.308. The zero-order chi connectivity index (χ0) is 12.0. The van der Waals surface area contributed by atoms with Crippen LogP contribution < -0.4 is 0 Å². The summed E-state index contributed by atoms with van der Waals surface area (Å²) in [5, 5.41) is 9.63. The molecule has 0 fully saturated rings. The maximum absolute atomic E-state index is 13.6. The number of rotatable bonds is 1. The van der Waals surface area contributed by atoms with E-state index in [2.05, 4.69) is 0 Å². The first-order valence-electron chi connectivity index (χ1n) is 5.66. The fourth-order valence-corrected chi connectivity index (χ4v) is 2.56. The number of hydrogen-bond acceptors (Lipinski definition) is 1. The summed E-state index contributed by atoms with van der Waals surface area (Å²) in [6.07, 6.45) is 1.33. The molecule has 1 aromatic carbocycles. The van der Waals surface area contributed by atoms with Crippen molar-refractivity contribution in [1.82, 2.24) is 4.57 Å². The average molecular weight is 233 g/mol. The van der Waals surface area contributed by atoms with Crippen LogP contribution in [-0.4, -0.2) is 15.6 Å². The van der Waals surface area contributed by atoms with Gasteiger partial charge in [-0.1, -0.05) is 6.07 Å². The van der Waals surface area contributed by atoms with Gasteiger partial charge in [0.15, 0.2) is 0 Å². The van der Waals surface area contributed by atoms with Gasteiger partial charge in [0.1, 0.15) is 5.82 Å². The minimum atomic E-state index is -0.770. The molecule has 0 saturated carbocycles. The number of aryl methyl sites for hydroxylation is 1. The number of aliphatic carboxylic acids is 1. The molecular weight excluding hydrogens is 221 g/mol. The number of fused-ring (bicyclic) bond motifs is 3. The van der Waals surface area contributed by atoms with Crippen LogP contribution in [0.3, 0.4) is 0 Å². The van der Waals surface area contributed by atoms with Crippen molar-refractivity contribution < 1.29 is 14.3 Å². The molecule has 1 aromatic heterocycles. The summed E-state index contributed by atoms with van der Waals surface area (Å²) < 4.78 is 15.5. The van der Waals surface area contributed by atoms with Gasteiger partial charge in [-0.05, 0) is 31.0 Å². The topological polar surface area (TPSA) is 42.2 Å². The fourth-order valence-electron chi connectivity index (χ4n) is 2.56. The van der Waals surface area contributed by atoms with E-state index in [0.717, 1.165) is 11.2 Å². The highest BCUT2D eigenvalue weighted by atomic mass is 19.1. The van der Waals surface area contributed by atoms with E-state index in [1.54, 1.807) is 6.07 Å². The van der Waals surface area contributed by atoms with Crippen molar-refractivity contribution in [2.45, 2.75) is 19.4 Å². The molecule has 1 atom stereocenters. The van der Waals surface area contributed by atoms with Crippen LogP contribution >= 0.6 is 0 Å². The lowest BCUT2D eigenvalue weighted by atomic mass is 9.98. The second-order valence-corrected chi connectivity index (χ2v) is 4.49. The molecule has 1 aliphatic heterocycles. The molecule has 88 valence electrons. The van der Waals surface area contributed by atoms with E-state index in [1.165, 1.54) is 6.07 Å². The van der Waals surface area contributed by atoms with Crippen molar-refractivity contribution in [1.29, 1.82) is 0 Å². The van der Waals surface area contributed by atoms with Crippen LogP contribution in [0.4, 0.5) is 4.39 Å². The van der Waals surface area contributed by atoms with E-state index in [4.69, 9.17) is 5.11 Å². The molecule has 2 aromatic rings. The van der Waals surface area contributed by atoms with Crippen molar-refractivity contribution in [3.05, 3.63) is 35.8 Å². The third-order valence-corrected chi connectivity index (χ3v) is 3.48. The number of hydrogen-bond donors (Lipinski definition) is 1. The van der Waals surface area contributed by atoms with E-state index >= 15 is 0 Å². The predicted octanol–water partition coefficient (Wildman–Crippen LogP) is 2.43. The second-order valence-electron chi connectivity index (χ2n) is 4.49. The normalized spacial score (nSPS) is 19.2. The number of carbonyl (C=O) groups is 1. The maximum Gasteiger partial charge on any atom is 0.308 e. The number of aromatic nitrogens is 1. The molecule has 17 heavy (non-hydrogen) atoms. The molecule has 4 heteroatoms. The first-order chi connectivity index (χ1) is 8.16. The molecule has 3 nitrogen and oxygen atoms in total. The molecular formula is C13H12FNO2. The monoisotopic (exact) mass is 233 g/mol. The highest BCUT2D eigenvalue weighted by molar-refractivity contribution is 5.82. The Kier molecular flexibility index (Phi) is 2.18. The van der Waals surface area contributed by atoms with Crippen LogP contribution in [0.2, 0.25) is 0 Å². The Morgan fingerprint density at radius 2 is 2.29 bits per heavy atom. The molecule has 0 amide bonds. The quantitative estimate of drug-likeness (QED) is 0.822. The van der Waals surface area contributed by atoms with E-state index < -0.39 is 5.97 Å². The Balaban J connectivity index is 2.15. The van der Waals surface area contributed by atoms with E-state index in [-0.39, 0.29) is 11.7 Å². The summed E-state index contributed by atoms with van der Waals surface area (Å²) in [6, 6.07) is 6.77. The summed E-state index contributed by atoms with van der Waals surface area (Å²) in [5.41, 5.74) is 1.83. The van der Waals surface area contributed by atoms with E-state index in [9.17, 15) is 9.18 Å².